The van der Waals surface area contributed by atoms with Gasteiger partial charge >= 0.3 is 0 Å². The zero-order chi connectivity index (χ0) is 33.7. The Balaban J connectivity index is 1.17. The molecule has 51 heavy (non-hydrogen) atoms. The second-order valence-electron chi connectivity index (χ2n) is 12.9. The lowest BCUT2D eigenvalue weighted by Crippen LogP contribution is -2.11. The molecule has 0 fully saturated rings. The Hall–Kier alpha value is -6.00. The SMILES string of the molecule is c1ccc(-c2ccc(N(c3ccc(-c4cccc5c4sc4ccccc45)cc3)c3ccc4c(sc5ccccc54)c3-c3ccccc3)cc2)cc1. The summed E-state index contributed by atoms with van der Waals surface area (Å²) >= 11 is 3.76. The predicted molar refractivity (Wildman–Crippen MR) is 223 cm³/mol. The number of nitrogens with zero attached hydrogens (tertiary/aromatic N) is 1. The Morgan fingerprint density at radius 2 is 0.804 bits per heavy atom. The van der Waals surface area contributed by atoms with Gasteiger partial charge in [-0.2, -0.15) is 0 Å². The molecule has 0 radical (unpaired) electrons. The number of hydrogen-bond donors (Lipinski definition) is 0. The molecule has 0 saturated carbocycles. The molecule has 0 amide bonds. The lowest BCUT2D eigenvalue weighted by atomic mass is 9.98. The third-order valence-electron chi connectivity index (χ3n) is 9.90. The molecule has 10 aromatic rings. The molecule has 2 heterocycles. The number of benzene rings is 8. The standard InChI is InChI=1S/C48H31NS2/c1-3-12-32(13-4-1)33-22-26-36(27-23-33)49(37-28-24-34(25-29-37)38-18-11-19-41-39-16-7-9-20-44(39)50-47(38)41)43-31-30-42-40-17-8-10-21-45(40)51-48(42)46(43)35-14-5-2-6-15-35/h1-31H. The largest absolute Gasteiger partial charge is 0.310 e. The minimum atomic E-state index is 1.12. The average molecular weight is 686 g/mol. The van der Waals surface area contributed by atoms with Gasteiger partial charge in [0.15, 0.2) is 0 Å². The summed E-state index contributed by atoms with van der Waals surface area (Å²) in [6, 6.07) is 68.5. The summed E-state index contributed by atoms with van der Waals surface area (Å²) in [7, 11) is 0. The van der Waals surface area contributed by atoms with Gasteiger partial charge in [0.25, 0.3) is 0 Å². The maximum atomic E-state index is 2.44. The Bertz CT molecular complexity index is 2830. The van der Waals surface area contributed by atoms with Crippen molar-refractivity contribution in [1.82, 2.24) is 0 Å². The minimum absolute atomic E-state index is 1.12. The van der Waals surface area contributed by atoms with Gasteiger partial charge in [-0.15, -0.1) is 22.7 Å². The molecule has 0 unspecified atom stereocenters. The highest BCUT2D eigenvalue weighted by molar-refractivity contribution is 7.26. The van der Waals surface area contributed by atoms with E-state index in [0.29, 0.717) is 0 Å². The smallest absolute Gasteiger partial charge is 0.0554 e. The van der Waals surface area contributed by atoms with E-state index in [-0.39, 0.29) is 0 Å². The van der Waals surface area contributed by atoms with E-state index < -0.39 is 0 Å². The molecule has 0 bridgehead atoms. The van der Waals surface area contributed by atoms with Gasteiger partial charge in [0, 0.05) is 57.3 Å². The van der Waals surface area contributed by atoms with Crippen molar-refractivity contribution < 1.29 is 0 Å². The van der Waals surface area contributed by atoms with Crippen molar-refractivity contribution in [2.75, 3.05) is 4.90 Å². The maximum Gasteiger partial charge on any atom is 0.0554 e. The summed E-state index contributed by atoms with van der Waals surface area (Å²) in [4.78, 5) is 2.44. The molecular weight excluding hydrogens is 655 g/mol. The summed E-state index contributed by atoms with van der Waals surface area (Å²) in [6.07, 6.45) is 0. The Morgan fingerprint density at radius 1 is 0.314 bits per heavy atom. The maximum absolute atomic E-state index is 2.44. The highest BCUT2D eigenvalue weighted by atomic mass is 32.1. The van der Waals surface area contributed by atoms with E-state index in [1.54, 1.807) is 0 Å². The number of rotatable bonds is 6. The molecule has 240 valence electrons. The van der Waals surface area contributed by atoms with E-state index in [9.17, 15) is 0 Å². The molecule has 0 aliphatic carbocycles. The van der Waals surface area contributed by atoms with Crippen LogP contribution in [0.3, 0.4) is 0 Å². The molecule has 0 N–H and O–H groups in total. The fourth-order valence-electron chi connectivity index (χ4n) is 7.47. The third kappa shape index (κ3) is 5.13. The second-order valence-corrected chi connectivity index (χ2v) is 15.0. The van der Waals surface area contributed by atoms with Crippen LogP contribution in [0.5, 0.6) is 0 Å². The number of anilines is 3. The van der Waals surface area contributed by atoms with Crippen molar-refractivity contribution in [3.05, 3.63) is 188 Å². The number of hydrogen-bond acceptors (Lipinski definition) is 3. The zero-order valence-electron chi connectivity index (χ0n) is 27.7. The molecule has 3 heteroatoms. The first-order valence-electron chi connectivity index (χ1n) is 17.3. The lowest BCUT2D eigenvalue weighted by Gasteiger charge is -2.28. The zero-order valence-corrected chi connectivity index (χ0v) is 29.3. The second kappa shape index (κ2) is 12.4. The molecule has 8 aromatic carbocycles. The van der Waals surface area contributed by atoms with Crippen LogP contribution in [0.25, 0.3) is 73.7 Å². The van der Waals surface area contributed by atoms with E-state index in [4.69, 9.17) is 0 Å². The van der Waals surface area contributed by atoms with Crippen molar-refractivity contribution in [1.29, 1.82) is 0 Å². The summed E-state index contributed by atoms with van der Waals surface area (Å²) in [6.45, 7) is 0. The van der Waals surface area contributed by atoms with Crippen LogP contribution in [0.4, 0.5) is 17.1 Å². The van der Waals surface area contributed by atoms with Gasteiger partial charge in [-0.25, -0.2) is 0 Å². The fraction of sp³-hybridized carbons (Fsp3) is 0. The van der Waals surface area contributed by atoms with Crippen LogP contribution in [0, 0.1) is 0 Å². The van der Waals surface area contributed by atoms with E-state index >= 15 is 0 Å². The lowest BCUT2D eigenvalue weighted by molar-refractivity contribution is 1.29. The van der Waals surface area contributed by atoms with E-state index in [1.807, 2.05) is 22.7 Å². The van der Waals surface area contributed by atoms with Crippen LogP contribution in [0.15, 0.2) is 188 Å². The van der Waals surface area contributed by atoms with Crippen LogP contribution in [0.2, 0.25) is 0 Å². The first kappa shape index (κ1) is 29.9. The van der Waals surface area contributed by atoms with Gasteiger partial charge in [-0.1, -0.05) is 146 Å². The van der Waals surface area contributed by atoms with Crippen molar-refractivity contribution >= 4 is 80.1 Å². The minimum Gasteiger partial charge on any atom is -0.310 e. The molecule has 0 aliphatic rings. The number of thiophene rings is 2. The number of fused-ring (bicyclic) bond motifs is 6. The summed E-state index contributed by atoms with van der Waals surface area (Å²) in [5.41, 5.74) is 10.8. The van der Waals surface area contributed by atoms with Crippen LogP contribution in [-0.2, 0) is 0 Å². The predicted octanol–water partition coefficient (Wildman–Crippen LogP) is 14.9. The van der Waals surface area contributed by atoms with Gasteiger partial charge < -0.3 is 4.90 Å². The normalized spacial score (nSPS) is 11.5. The van der Waals surface area contributed by atoms with Crippen LogP contribution in [0.1, 0.15) is 0 Å². The van der Waals surface area contributed by atoms with Gasteiger partial charge in [-0.3, -0.25) is 0 Å². The quantitative estimate of drug-likeness (QED) is 0.168. The highest BCUT2D eigenvalue weighted by Gasteiger charge is 2.22. The molecule has 1 nitrogen and oxygen atoms in total. The van der Waals surface area contributed by atoms with Crippen molar-refractivity contribution in [2.45, 2.75) is 0 Å². The molecule has 2 aromatic heterocycles. The van der Waals surface area contributed by atoms with Crippen LogP contribution in [-0.4, -0.2) is 0 Å². The van der Waals surface area contributed by atoms with Crippen LogP contribution < -0.4 is 4.90 Å². The average Bonchev–Trinajstić information content (AvgIpc) is 3.78. The summed E-state index contributed by atoms with van der Waals surface area (Å²) in [5, 5.41) is 5.25. The fourth-order valence-corrected chi connectivity index (χ4v) is 9.98. The van der Waals surface area contributed by atoms with E-state index in [2.05, 4.69) is 193 Å². The Morgan fingerprint density at radius 3 is 1.45 bits per heavy atom. The molecule has 0 aliphatic heterocycles. The molecule has 0 saturated heterocycles. The Kier molecular flexibility index (Phi) is 7.26. The first-order chi connectivity index (χ1) is 25.3. The monoisotopic (exact) mass is 685 g/mol. The summed E-state index contributed by atoms with van der Waals surface area (Å²) in [5.74, 6) is 0. The van der Waals surface area contributed by atoms with Gasteiger partial charge in [0.05, 0.1) is 5.69 Å². The van der Waals surface area contributed by atoms with Gasteiger partial charge in [-0.05, 0) is 70.3 Å². The van der Waals surface area contributed by atoms with E-state index in [0.717, 1.165) is 17.1 Å². The van der Waals surface area contributed by atoms with Gasteiger partial charge in [0.2, 0.25) is 0 Å². The molecule has 0 spiro atoms. The molecular formula is C48H31NS2. The van der Waals surface area contributed by atoms with Crippen molar-refractivity contribution in [3.8, 4) is 33.4 Å². The van der Waals surface area contributed by atoms with Crippen molar-refractivity contribution in [2.24, 2.45) is 0 Å². The van der Waals surface area contributed by atoms with Crippen molar-refractivity contribution in [3.63, 3.8) is 0 Å². The van der Waals surface area contributed by atoms with E-state index in [1.165, 1.54) is 73.7 Å². The topological polar surface area (TPSA) is 3.24 Å². The molecule has 0 atom stereocenters. The van der Waals surface area contributed by atoms with Crippen LogP contribution >= 0.6 is 22.7 Å². The summed E-state index contributed by atoms with van der Waals surface area (Å²) < 4.78 is 5.27. The first-order valence-corrected chi connectivity index (χ1v) is 18.9. The highest BCUT2D eigenvalue weighted by Crippen LogP contribution is 2.49. The third-order valence-corrected chi connectivity index (χ3v) is 12.3. The molecule has 10 rings (SSSR count). The van der Waals surface area contributed by atoms with Gasteiger partial charge in [0.1, 0.15) is 0 Å². The Labute approximate surface area is 304 Å².